The average Bonchev–Trinajstić information content (AvgIpc) is 2.95. The zero-order chi connectivity index (χ0) is 12.2. The lowest BCUT2D eigenvalue weighted by Gasteiger charge is -2.06. The first-order valence-corrected chi connectivity index (χ1v) is 5.99. The van der Waals surface area contributed by atoms with Crippen molar-refractivity contribution >= 4 is 5.71 Å². The molecule has 1 aliphatic rings. The third-order valence-electron chi connectivity index (χ3n) is 2.84. The van der Waals surface area contributed by atoms with Crippen molar-refractivity contribution in [3.8, 4) is 11.5 Å². The molecule has 0 unspecified atom stereocenters. The maximum atomic E-state index is 5.74. The number of ether oxygens (including phenoxy) is 1. The average molecular weight is 238 g/mol. The third-order valence-corrected chi connectivity index (χ3v) is 2.84. The molecule has 1 heterocycles. The van der Waals surface area contributed by atoms with Gasteiger partial charge in [-0.25, -0.2) is 0 Å². The lowest BCUT2D eigenvalue weighted by molar-refractivity contribution is 0.482. The van der Waals surface area contributed by atoms with E-state index in [9.17, 15) is 0 Å². The Morgan fingerprint density at radius 3 is 2.28 bits per heavy atom. The molecule has 0 radical (unpaired) electrons. The molecule has 0 aliphatic carbocycles. The summed E-state index contributed by atoms with van der Waals surface area (Å²) in [6.07, 6.45) is 0. The standard InChI is InChI=1S/C15H14N2O/c1-2-4-13(5-3-1)18-14-8-6-12(7-9-14)15-10-16-11-17-15/h1-9,16H,10-11H2. The molecule has 18 heavy (non-hydrogen) atoms. The topological polar surface area (TPSA) is 33.6 Å². The highest BCUT2D eigenvalue weighted by Gasteiger charge is 2.07. The minimum absolute atomic E-state index is 0.720. The Hall–Kier alpha value is -2.13. The van der Waals surface area contributed by atoms with E-state index >= 15 is 0 Å². The van der Waals surface area contributed by atoms with E-state index in [2.05, 4.69) is 10.3 Å². The first-order chi connectivity index (χ1) is 8.92. The summed E-state index contributed by atoms with van der Waals surface area (Å²) in [6, 6.07) is 17.8. The summed E-state index contributed by atoms with van der Waals surface area (Å²) in [5.41, 5.74) is 2.27. The van der Waals surface area contributed by atoms with Crippen LogP contribution in [0.3, 0.4) is 0 Å². The summed E-state index contributed by atoms with van der Waals surface area (Å²) in [5.74, 6) is 1.70. The van der Waals surface area contributed by atoms with Crippen LogP contribution in [-0.2, 0) is 0 Å². The number of hydrogen-bond donors (Lipinski definition) is 1. The van der Waals surface area contributed by atoms with Crippen molar-refractivity contribution in [3.05, 3.63) is 60.2 Å². The first kappa shape index (κ1) is 11.0. The molecule has 2 aromatic carbocycles. The Labute approximate surface area is 106 Å². The number of nitrogens with one attached hydrogen (secondary N) is 1. The Morgan fingerprint density at radius 2 is 1.61 bits per heavy atom. The predicted molar refractivity (Wildman–Crippen MR) is 72.4 cm³/mol. The van der Waals surface area contributed by atoms with Crippen molar-refractivity contribution in [3.63, 3.8) is 0 Å². The van der Waals surface area contributed by atoms with E-state index in [-0.39, 0.29) is 0 Å². The van der Waals surface area contributed by atoms with Crippen molar-refractivity contribution in [2.24, 2.45) is 4.99 Å². The number of para-hydroxylation sites is 1. The van der Waals surface area contributed by atoms with E-state index in [1.807, 2.05) is 54.6 Å². The van der Waals surface area contributed by atoms with Crippen molar-refractivity contribution in [1.82, 2.24) is 5.32 Å². The molecule has 1 N–H and O–H groups in total. The summed E-state index contributed by atoms with van der Waals surface area (Å²) in [4.78, 5) is 4.38. The van der Waals surface area contributed by atoms with Crippen molar-refractivity contribution in [1.29, 1.82) is 0 Å². The van der Waals surface area contributed by atoms with Gasteiger partial charge in [0.1, 0.15) is 11.5 Å². The smallest absolute Gasteiger partial charge is 0.127 e. The van der Waals surface area contributed by atoms with Crippen molar-refractivity contribution in [2.75, 3.05) is 13.2 Å². The van der Waals surface area contributed by atoms with Crippen LogP contribution >= 0.6 is 0 Å². The van der Waals surface area contributed by atoms with Gasteiger partial charge in [-0.15, -0.1) is 0 Å². The van der Waals surface area contributed by atoms with E-state index < -0.39 is 0 Å². The fourth-order valence-corrected chi connectivity index (χ4v) is 1.91. The van der Waals surface area contributed by atoms with E-state index in [0.29, 0.717) is 0 Å². The second-order valence-corrected chi connectivity index (χ2v) is 4.13. The number of rotatable bonds is 3. The maximum absolute atomic E-state index is 5.74. The lowest BCUT2D eigenvalue weighted by atomic mass is 10.1. The lowest BCUT2D eigenvalue weighted by Crippen LogP contribution is -2.13. The van der Waals surface area contributed by atoms with E-state index in [1.165, 1.54) is 0 Å². The van der Waals surface area contributed by atoms with Crippen LogP contribution in [0.2, 0.25) is 0 Å². The van der Waals surface area contributed by atoms with Gasteiger partial charge in [-0.2, -0.15) is 0 Å². The molecule has 1 aliphatic heterocycles. The fourth-order valence-electron chi connectivity index (χ4n) is 1.91. The molecule has 0 saturated carbocycles. The Kier molecular flexibility index (Phi) is 3.07. The van der Waals surface area contributed by atoms with Gasteiger partial charge in [-0.3, -0.25) is 10.3 Å². The second kappa shape index (κ2) is 5.02. The summed E-state index contributed by atoms with van der Waals surface area (Å²) >= 11 is 0. The van der Waals surface area contributed by atoms with Gasteiger partial charge in [0.25, 0.3) is 0 Å². The van der Waals surface area contributed by atoms with Gasteiger partial charge in [0, 0.05) is 6.54 Å². The fraction of sp³-hybridized carbons (Fsp3) is 0.133. The molecular weight excluding hydrogens is 224 g/mol. The molecule has 0 spiro atoms. The zero-order valence-corrected chi connectivity index (χ0v) is 9.97. The Bertz CT molecular complexity index is 546. The summed E-state index contributed by atoms with van der Waals surface area (Å²) < 4.78 is 5.74. The van der Waals surface area contributed by atoms with Crippen LogP contribution in [-0.4, -0.2) is 18.9 Å². The van der Waals surface area contributed by atoms with Gasteiger partial charge in [0.05, 0.1) is 12.4 Å². The van der Waals surface area contributed by atoms with Gasteiger partial charge in [0.15, 0.2) is 0 Å². The molecule has 3 rings (SSSR count). The molecule has 3 nitrogen and oxygen atoms in total. The van der Waals surface area contributed by atoms with Crippen molar-refractivity contribution in [2.45, 2.75) is 0 Å². The Balaban J connectivity index is 1.75. The van der Waals surface area contributed by atoms with Gasteiger partial charge in [0.2, 0.25) is 0 Å². The predicted octanol–water partition coefficient (Wildman–Crippen LogP) is 2.83. The number of aliphatic imine (C=N–C) groups is 1. The number of hydrogen-bond acceptors (Lipinski definition) is 3. The van der Waals surface area contributed by atoms with Crippen LogP contribution in [0, 0.1) is 0 Å². The SMILES string of the molecule is c1ccc(Oc2ccc(C3=NCNC3)cc2)cc1. The zero-order valence-electron chi connectivity index (χ0n) is 9.97. The van der Waals surface area contributed by atoms with E-state index in [4.69, 9.17) is 4.74 Å². The molecule has 0 saturated heterocycles. The molecule has 2 aromatic rings. The van der Waals surface area contributed by atoms with Crippen LogP contribution in [0.1, 0.15) is 5.56 Å². The largest absolute Gasteiger partial charge is 0.457 e. The third kappa shape index (κ3) is 2.41. The second-order valence-electron chi connectivity index (χ2n) is 4.13. The van der Waals surface area contributed by atoms with Gasteiger partial charge >= 0.3 is 0 Å². The van der Waals surface area contributed by atoms with Gasteiger partial charge < -0.3 is 4.74 Å². The molecule has 0 amide bonds. The summed E-state index contributed by atoms with van der Waals surface area (Å²) in [5, 5.41) is 3.19. The molecule has 0 bridgehead atoms. The van der Waals surface area contributed by atoms with Crippen LogP contribution in [0.4, 0.5) is 0 Å². The number of nitrogens with zero attached hydrogens (tertiary/aromatic N) is 1. The Morgan fingerprint density at radius 1 is 0.889 bits per heavy atom. The van der Waals surface area contributed by atoms with Gasteiger partial charge in [-0.05, 0) is 42.0 Å². The molecule has 3 heteroatoms. The van der Waals surface area contributed by atoms with Crippen LogP contribution < -0.4 is 10.1 Å². The maximum Gasteiger partial charge on any atom is 0.127 e. The normalized spacial score (nSPS) is 14.3. The number of benzene rings is 2. The van der Waals surface area contributed by atoms with E-state index in [1.54, 1.807) is 0 Å². The minimum atomic E-state index is 0.720. The van der Waals surface area contributed by atoms with Crippen LogP contribution in [0.5, 0.6) is 11.5 Å². The summed E-state index contributed by atoms with van der Waals surface area (Å²) in [6.45, 7) is 1.57. The quantitative estimate of drug-likeness (QED) is 0.892. The molecular formula is C15H14N2O. The highest BCUT2D eigenvalue weighted by molar-refractivity contribution is 6.03. The first-order valence-electron chi connectivity index (χ1n) is 5.99. The van der Waals surface area contributed by atoms with Crippen LogP contribution in [0.25, 0.3) is 0 Å². The molecule has 0 fully saturated rings. The van der Waals surface area contributed by atoms with Crippen molar-refractivity contribution < 1.29 is 4.74 Å². The van der Waals surface area contributed by atoms with Gasteiger partial charge in [-0.1, -0.05) is 18.2 Å². The molecule has 0 atom stereocenters. The summed E-state index contributed by atoms with van der Waals surface area (Å²) in [7, 11) is 0. The van der Waals surface area contributed by atoms with Crippen LogP contribution in [0.15, 0.2) is 59.6 Å². The monoisotopic (exact) mass is 238 g/mol. The highest BCUT2D eigenvalue weighted by atomic mass is 16.5. The molecule has 90 valence electrons. The molecule has 0 aromatic heterocycles. The highest BCUT2D eigenvalue weighted by Crippen LogP contribution is 2.21. The minimum Gasteiger partial charge on any atom is -0.457 e. The van der Waals surface area contributed by atoms with E-state index in [0.717, 1.165) is 36.0 Å².